The van der Waals surface area contributed by atoms with Gasteiger partial charge in [-0.25, -0.2) is 4.98 Å². The van der Waals surface area contributed by atoms with Crippen molar-refractivity contribution in [2.45, 2.75) is 37.0 Å². The Morgan fingerprint density at radius 2 is 2.39 bits per heavy atom. The van der Waals surface area contributed by atoms with Crippen molar-refractivity contribution >= 4 is 33.6 Å². The molecule has 2 rings (SSSR count). The van der Waals surface area contributed by atoms with E-state index in [1.807, 2.05) is 11.8 Å². The highest BCUT2D eigenvalue weighted by Crippen LogP contribution is 2.27. The van der Waals surface area contributed by atoms with E-state index in [4.69, 9.17) is 0 Å². The minimum atomic E-state index is -0.0262. The van der Waals surface area contributed by atoms with Gasteiger partial charge in [0.2, 0.25) is 0 Å². The maximum Gasteiger partial charge on any atom is 0.254 e. The molecule has 2 atom stereocenters. The first-order valence-electron chi connectivity index (χ1n) is 6.15. The Labute approximate surface area is 120 Å². The molecule has 0 saturated heterocycles. The van der Waals surface area contributed by atoms with E-state index in [1.54, 1.807) is 18.3 Å². The molecule has 1 aliphatic rings. The summed E-state index contributed by atoms with van der Waals surface area (Å²) in [6.07, 6.45) is 8.44. The fourth-order valence-electron chi connectivity index (χ4n) is 2.31. The molecule has 0 aromatic carbocycles. The first-order chi connectivity index (χ1) is 8.70. The van der Waals surface area contributed by atoms with E-state index in [1.165, 1.54) is 12.8 Å². The summed E-state index contributed by atoms with van der Waals surface area (Å²) in [5, 5.41) is 3.80. The molecule has 1 aromatic rings. The third-order valence-electron chi connectivity index (χ3n) is 3.30. The largest absolute Gasteiger partial charge is 0.349 e. The second-order valence-corrected chi connectivity index (χ2v) is 6.43. The average molecular weight is 329 g/mol. The summed E-state index contributed by atoms with van der Waals surface area (Å²) in [4.78, 5) is 16.2. The fourth-order valence-corrected chi connectivity index (χ4v) is 3.57. The van der Waals surface area contributed by atoms with E-state index in [0.717, 1.165) is 12.8 Å². The number of halogens is 1. The highest BCUT2D eigenvalue weighted by Gasteiger charge is 2.23. The molecule has 1 heterocycles. The first-order valence-corrected chi connectivity index (χ1v) is 8.23. The van der Waals surface area contributed by atoms with E-state index in [0.29, 0.717) is 21.5 Å². The van der Waals surface area contributed by atoms with Crippen LogP contribution in [0.5, 0.6) is 0 Å². The molecule has 1 saturated carbocycles. The van der Waals surface area contributed by atoms with Crippen molar-refractivity contribution in [2.75, 3.05) is 6.26 Å². The van der Waals surface area contributed by atoms with Gasteiger partial charge in [-0.05, 0) is 53.6 Å². The summed E-state index contributed by atoms with van der Waals surface area (Å²) in [6, 6.07) is 3.88. The Morgan fingerprint density at radius 1 is 1.56 bits per heavy atom. The number of aromatic nitrogens is 1. The summed E-state index contributed by atoms with van der Waals surface area (Å²) in [5.74, 6) is -0.0262. The van der Waals surface area contributed by atoms with E-state index in [2.05, 4.69) is 32.5 Å². The van der Waals surface area contributed by atoms with Crippen LogP contribution in [-0.4, -0.2) is 28.4 Å². The lowest BCUT2D eigenvalue weighted by Crippen LogP contribution is -2.39. The van der Waals surface area contributed by atoms with Gasteiger partial charge in [-0.15, -0.1) is 0 Å². The van der Waals surface area contributed by atoms with Crippen LogP contribution < -0.4 is 5.32 Å². The summed E-state index contributed by atoms with van der Waals surface area (Å²) >= 11 is 5.21. The van der Waals surface area contributed by atoms with Gasteiger partial charge >= 0.3 is 0 Å². The molecule has 0 spiro atoms. The van der Waals surface area contributed by atoms with E-state index in [-0.39, 0.29) is 5.91 Å². The molecule has 18 heavy (non-hydrogen) atoms. The maximum atomic E-state index is 12.1. The van der Waals surface area contributed by atoms with Crippen LogP contribution in [0.1, 0.15) is 36.0 Å². The molecule has 1 fully saturated rings. The maximum absolute atomic E-state index is 12.1. The molecular weight excluding hydrogens is 312 g/mol. The zero-order valence-electron chi connectivity index (χ0n) is 10.4. The van der Waals surface area contributed by atoms with Crippen LogP contribution in [0.25, 0.3) is 0 Å². The normalized spacial score (nSPS) is 23.7. The molecule has 1 N–H and O–H groups in total. The van der Waals surface area contributed by atoms with Gasteiger partial charge in [-0.2, -0.15) is 11.8 Å². The predicted molar refractivity (Wildman–Crippen MR) is 79.0 cm³/mol. The van der Waals surface area contributed by atoms with Crippen molar-refractivity contribution in [3.63, 3.8) is 0 Å². The summed E-state index contributed by atoms with van der Waals surface area (Å²) in [7, 11) is 0. The van der Waals surface area contributed by atoms with Gasteiger partial charge in [0, 0.05) is 17.5 Å². The quantitative estimate of drug-likeness (QED) is 0.866. The van der Waals surface area contributed by atoms with E-state index >= 15 is 0 Å². The van der Waals surface area contributed by atoms with Crippen molar-refractivity contribution in [2.24, 2.45) is 0 Å². The predicted octanol–water partition coefficient (Wildman–Crippen LogP) is 3.25. The Hall–Kier alpha value is -0.550. The Bertz CT molecular complexity index is 427. The van der Waals surface area contributed by atoms with Gasteiger partial charge in [0.05, 0.1) is 5.56 Å². The van der Waals surface area contributed by atoms with Gasteiger partial charge in [0.25, 0.3) is 5.91 Å². The molecular formula is C13H17BrN2OS. The number of amides is 1. The standard InChI is InChI=1S/C13H17BrN2OS/c1-18-10-5-2-4-9(8-10)16-13(17)11-6-3-7-15-12(11)14/h3,6-7,9-10H,2,4-5,8H2,1H3,(H,16,17). The lowest BCUT2D eigenvalue weighted by atomic mass is 9.95. The van der Waals surface area contributed by atoms with Crippen LogP contribution in [-0.2, 0) is 0 Å². The minimum absolute atomic E-state index is 0.0262. The van der Waals surface area contributed by atoms with Crippen molar-refractivity contribution < 1.29 is 4.79 Å². The number of thioether (sulfide) groups is 1. The number of rotatable bonds is 3. The number of nitrogens with one attached hydrogen (secondary N) is 1. The highest BCUT2D eigenvalue weighted by molar-refractivity contribution is 9.10. The fraction of sp³-hybridized carbons (Fsp3) is 0.538. The van der Waals surface area contributed by atoms with Gasteiger partial charge in [-0.1, -0.05) is 6.42 Å². The topological polar surface area (TPSA) is 42.0 Å². The van der Waals surface area contributed by atoms with Crippen LogP contribution in [0.2, 0.25) is 0 Å². The number of hydrogen-bond acceptors (Lipinski definition) is 3. The van der Waals surface area contributed by atoms with Gasteiger partial charge in [0.1, 0.15) is 4.60 Å². The molecule has 1 aliphatic carbocycles. The molecule has 3 nitrogen and oxygen atoms in total. The molecule has 0 radical (unpaired) electrons. The van der Waals surface area contributed by atoms with Crippen LogP contribution in [0, 0.1) is 0 Å². The second kappa shape index (κ2) is 6.57. The monoisotopic (exact) mass is 328 g/mol. The molecule has 2 unspecified atom stereocenters. The smallest absolute Gasteiger partial charge is 0.254 e. The van der Waals surface area contributed by atoms with Crippen LogP contribution in [0.15, 0.2) is 22.9 Å². The van der Waals surface area contributed by atoms with Crippen LogP contribution in [0.3, 0.4) is 0 Å². The molecule has 5 heteroatoms. The summed E-state index contributed by atoms with van der Waals surface area (Å²) in [6.45, 7) is 0. The average Bonchev–Trinajstić information content (AvgIpc) is 2.39. The highest BCUT2D eigenvalue weighted by atomic mass is 79.9. The zero-order chi connectivity index (χ0) is 13.0. The Kier molecular flexibility index (Phi) is 5.06. The second-order valence-electron chi connectivity index (χ2n) is 4.54. The minimum Gasteiger partial charge on any atom is -0.349 e. The summed E-state index contributed by atoms with van der Waals surface area (Å²) in [5.41, 5.74) is 0.615. The van der Waals surface area contributed by atoms with Gasteiger partial charge in [0.15, 0.2) is 0 Å². The third-order valence-corrected chi connectivity index (χ3v) is 5.03. The van der Waals surface area contributed by atoms with Crippen molar-refractivity contribution in [3.8, 4) is 0 Å². The van der Waals surface area contributed by atoms with Crippen molar-refractivity contribution in [3.05, 3.63) is 28.5 Å². The zero-order valence-corrected chi connectivity index (χ0v) is 12.8. The third kappa shape index (κ3) is 3.48. The lowest BCUT2D eigenvalue weighted by molar-refractivity contribution is 0.0927. The number of nitrogens with zero attached hydrogens (tertiary/aromatic N) is 1. The molecule has 0 aliphatic heterocycles. The Morgan fingerprint density at radius 3 is 3.11 bits per heavy atom. The number of carbonyl (C=O) groups is 1. The van der Waals surface area contributed by atoms with Gasteiger partial charge < -0.3 is 5.32 Å². The van der Waals surface area contributed by atoms with Crippen molar-refractivity contribution in [1.82, 2.24) is 10.3 Å². The van der Waals surface area contributed by atoms with Gasteiger partial charge in [-0.3, -0.25) is 4.79 Å². The number of pyridine rings is 1. The van der Waals surface area contributed by atoms with Crippen molar-refractivity contribution in [1.29, 1.82) is 0 Å². The lowest BCUT2D eigenvalue weighted by Gasteiger charge is -2.28. The molecule has 1 amide bonds. The summed E-state index contributed by atoms with van der Waals surface area (Å²) < 4.78 is 0.611. The number of carbonyl (C=O) groups excluding carboxylic acids is 1. The van der Waals surface area contributed by atoms with Crippen LogP contribution in [0.4, 0.5) is 0 Å². The Balaban J connectivity index is 1.97. The SMILES string of the molecule is CSC1CCCC(NC(=O)c2cccnc2Br)C1. The molecule has 1 aromatic heterocycles. The van der Waals surface area contributed by atoms with E-state index in [9.17, 15) is 4.79 Å². The first kappa shape index (κ1) is 13.9. The number of hydrogen-bond donors (Lipinski definition) is 1. The van der Waals surface area contributed by atoms with Crippen LogP contribution >= 0.6 is 27.7 Å². The molecule has 0 bridgehead atoms. The van der Waals surface area contributed by atoms with E-state index < -0.39 is 0 Å². The molecule has 98 valence electrons.